The van der Waals surface area contributed by atoms with Crippen molar-refractivity contribution in [3.05, 3.63) is 29.8 Å². The molecule has 3 heterocycles. The van der Waals surface area contributed by atoms with Gasteiger partial charge in [0, 0.05) is 19.2 Å². The molecule has 0 radical (unpaired) electrons. The molecule has 0 amide bonds. The summed E-state index contributed by atoms with van der Waals surface area (Å²) in [5.41, 5.74) is 1.58. The number of aromatic nitrogens is 7. The highest BCUT2D eigenvalue weighted by Gasteiger charge is 2.07. The first-order chi connectivity index (χ1) is 9.36. The van der Waals surface area contributed by atoms with Crippen molar-refractivity contribution in [2.45, 2.75) is 13.2 Å². The van der Waals surface area contributed by atoms with Gasteiger partial charge in [-0.1, -0.05) is 5.21 Å². The van der Waals surface area contributed by atoms with Crippen LogP contribution in [0.25, 0.3) is 5.65 Å². The maximum atomic E-state index is 5.10. The van der Waals surface area contributed by atoms with Crippen LogP contribution in [0.4, 0.5) is 5.82 Å². The molecule has 0 spiro atoms. The first-order valence-electron chi connectivity index (χ1n) is 5.65. The summed E-state index contributed by atoms with van der Waals surface area (Å²) in [6.07, 6.45) is 1.69. The van der Waals surface area contributed by atoms with Crippen molar-refractivity contribution in [1.29, 1.82) is 0 Å². The lowest BCUT2D eigenvalue weighted by molar-refractivity contribution is 0.181. The molecule has 0 aliphatic carbocycles. The molecule has 9 heteroatoms. The third kappa shape index (κ3) is 2.36. The Hall–Kier alpha value is -2.55. The summed E-state index contributed by atoms with van der Waals surface area (Å²) in [6.45, 7) is 0.889. The van der Waals surface area contributed by atoms with E-state index in [1.54, 1.807) is 17.8 Å². The van der Waals surface area contributed by atoms with Gasteiger partial charge < -0.3 is 10.1 Å². The molecule has 0 unspecified atom stereocenters. The lowest BCUT2D eigenvalue weighted by Crippen LogP contribution is -2.08. The second kappa shape index (κ2) is 4.98. The molecule has 0 saturated heterocycles. The number of ether oxygens (including phenoxy) is 1. The van der Waals surface area contributed by atoms with Gasteiger partial charge in [-0.05, 0) is 0 Å². The summed E-state index contributed by atoms with van der Waals surface area (Å²) in [5, 5.41) is 21.1. The standard InChI is InChI=1S/C10H12N8O/c1-19-6-7-4-10(11-5-8-14-16-17-15-8)18-9(13-7)2-3-12-18/h2-4,11H,5-6H2,1H3,(H,14,15,16,17). The second-order valence-corrected chi connectivity index (χ2v) is 3.85. The molecule has 0 aromatic carbocycles. The zero-order valence-corrected chi connectivity index (χ0v) is 10.2. The Balaban J connectivity index is 1.89. The van der Waals surface area contributed by atoms with E-state index in [-0.39, 0.29) is 0 Å². The lowest BCUT2D eigenvalue weighted by atomic mass is 10.4. The summed E-state index contributed by atoms with van der Waals surface area (Å²) in [6, 6.07) is 3.71. The second-order valence-electron chi connectivity index (χ2n) is 3.85. The van der Waals surface area contributed by atoms with Crippen molar-refractivity contribution in [3.63, 3.8) is 0 Å². The third-order valence-electron chi connectivity index (χ3n) is 2.52. The van der Waals surface area contributed by atoms with Gasteiger partial charge in [-0.2, -0.15) is 14.8 Å². The van der Waals surface area contributed by atoms with E-state index in [0.717, 1.165) is 17.2 Å². The minimum Gasteiger partial charge on any atom is -0.378 e. The van der Waals surface area contributed by atoms with E-state index in [9.17, 15) is 0 Å². The number of H-pyrrole nitrogens is 1. The Morgan fingerprint density at radius 2 is 2.42 bits per heavy atom. The number of methoxy groups -OCH3 is 1. The van der Waals surface area contributed by atoms with Gasteiger partial charge in [0.2, 0.25) is 0 Å². The van der Waals surface area contributed by atoms with Crippen molar-refractivity contribution >= 4 is 11.5 Å². The highest BCUT2D eigenvalue weighted by atomic mass is 16.5. The molecule has 3 rings (SSSR count). The number of hydrogen-bond donors (Lipinski definition) is 2. The Kier molecular flexibility index (Phi) is 3.02. The van der Waals surface area contributed by atoms with Crippen molar-refractivity contribution in [1.82, 2.24) is 35.2 Å². The molecule has 0 saturated carbocycles. The molecule has 3 aromatic heterocycles. The van der Waals surface area contributed by atoms with E-state index in [0.29, 0.717) is 19.0 Å². The minimum absolute atomic E-state index is 0.443. The van der Waals surface area contributed by atoms with Gasteiger partial charge in [-0.15, -0.1) is 10.2 Å². The number of anilines is 1. The average molecular weight is 260 g/mol. The van der Waals surface area contributed by atoms with Crippen LogP contribution < -0.4 is 5.32 Å². The number of tetrazole rings is 1. The van der Waals surface area contributed by atoms with Crippen LogP contribution in [0.3, 0.4) is 0 Å². The number of nitrogens with one attached hydrogen (secondary N) is 2. The van der Waals surface area contributed by atoms with Crippen molar-refractivity contribution < 1.29 is 4.74 Å². The number of rotatable bonds is 5. The molecule has 98 valence electrons. The van der Waals surface area contributed by atoms with E-state index >= 15 is 0 Å². The van der Waals surface area contributed by atoms with Crippen molar-refractivity contribution in [2.24, 2.45) is 0 Å². The van der Waals surface area contributed by atoms with Crippen molar-refractivity contribution in [3.8, 4) is 0 Å². The molecule has 0 atom stereocenters. The van der Waals surface area contributed by atoms with Gasteiger partial charge in [0.25, 0.3) is 0 Å². The molecular weight excluding hydrogens is 248 g/mol. The summed E-state index contributed by atoms with van der Waals surface area (Å²) < 4.78 is 6.81. The quantitative estimate of drug-likeness (QED) is 0.665. The fourth-order valence-corrected chi connectivity index (χ4v) is 1.74. The lowest BCUT2D eigenvalue weighted by Gasteiger charge is -2.08. The van der Waals surface area contributed by atoms with Crippen LogP contribution >= 0.6 is 0 Å². The molecule has 3 aromatic rings. The van der Waals surface area contributed by atoms with Crippen LogP contribution in [0.15, 0.2) is 18.3 Å². The third-order valence-corrected chi connectivity index (χ3v) is 2.52. The summed E-state index contributed by atoms with van der Waals surface area (Å²) in [7, 11) is 1.63. The number of aromatic amines is 1. The maximum absolute atomic E-state index is 5.10. The summed E-state index contributed by atoms with van der Waals surface area (Å²) >= 11 is 0. The molecule has 19 heavy (non-hydrogen) atoms. The van der Waals surface area contributed by atoms with E-state index in [1.807, 2.05) is 12.1 Å². The Morgan fingerprint density at radius 3 is 3.21 bits per heavy atom. The van der Waals surface area contributed by atoms with E-state index in [1.165, 1.54) is 0 Å². The highest BCUT2D eigenvalue weighted by Crippen LogP contribution is 2.13. The summed E-state index contributed by atoms with van der Waals surface area (Å²) in [5.74, 6) is 1.37. The number of hydrogen-bond acceptors (Lipinski definition) is 7. The normalized spacial score (nSPS) is 11.0. The topological polar surface area (TPSA) is 106 Å². The molecule has 0 bridgehead atoms. The largest absolute Gasteiger partial charge is 0.378 e. The predicted octanol–water partition coefficient (Wildman–Crippen LogP) is 0.000900. The Morgan fingerprint density at radius 1 is 1.47 bits per heavy atom. The molecule has 9 nitrogen and oxygen atoms in total. The zero-order chi connectivity index (χ0) is 13.1. The maximum Gasteiger partial charge on any atom is 0.193 e. The summed E-state index contributed by atoms with van der Waals surface area (Å²) in [4.78, 5) is 4.42. The molecule has 0 aliphatic heterocycles. The number of fused-ring (bicyclic) bond motifs is 1. The zero-order valence-electron chi connectivity index (χ0n) is 10.2. The monoisotopic (exact) mass is 260 g/mol. The van der Waals surface area contributed by atoms with Gasteiger partial charge >= 0.3 is 0 Å². The average Bonchev–Trinajstić information content (AvgIpc) is 3.07. The van der Waals surface area contributed by atoms with E-state index < -0.39 is 0 Å². The fourth-order valence-electron chi connectivity index (χ4n) is 1.74. The minimum atomic E-state index is 0.443. The Bertz CT molecular complexity index is 661. The van der Waals surface area contributed by atoms with E-state index in [4.69, 9.17) is 4.74 Å². The van der Waals surface area contributed by atoms with Crippen LogP contribution in [0.5, 0.6) is 0 Å². The molecule has 0 aliphatic rings. The van der Waals surface area contributed by atoms with Gasteiger partial charge in [-0.3, -0.25) is 0 Å². The molecule has 0 fully saturated rings. The molecular formula is C10H12N8O. The Labute approximate surface area is 108 Å². The van der Waals surface area contributed by atoms with Crippen LogP contribution in [-0.2, 0) is 17.9 Å². The van der Waals surface area contributed by atoms with Gasteiger partial charge in [-0.25, -0.2) is 4.98 Å². The number of nitrogens with zero attached hydrogens (tertiary/aromatic N) is 6. The van der Waals surface area contributed by atoms with Crippen LogP contribution in [0.1, 0.15) is 11.5 Å². The SMILES string of the molecule is COCc1cc(NCc2nn[nH]n2)n2nccc2n1. The van der Waals surface area contributed by atoms with Crippen LogP contribution in [-0.4, -0.2) is 42.3 Å². The van der Waals surface area contributed by atoms with E-state index in [2.05, 4.69) is 36.0 Å². The smallest absolute Gasteiger partial charge is 0.193 e. The fraction of sp³-hybridized carbons (Fsp3) is 0.300. The van der Waals surface area contributed by atoms with Crippen LogP contribution in [0, 0.1) is 0 Å². The first kappa shape index (κ1) is 11.5. The van der Waals surface area contributed by atoms with Gasteiger partial charge in [0.1, 0.15) is 5.82 Å². The molecule has 2 N–H and O–H groups in total. The van der Waals surface area contributed by atoms with Gasteiger partial charge in [0.15, 0.2) is 11.5 Å². The highest BCUT2D eigenvalue weighted by molar-refractivity contribution is 5.48. The van der Waals surface area contributed by atoms with Crippen LogP contribution in [0.2, 0.25) is 0 Å². The van der Waals surface area contributed by atoms with Gasteiger partial charge in [0.05, 0.1) is 25.0 Å². The predicted molar refractivity (Wildman–Crippen MR) is 65.2 cm³/mol. The van der Waals surface area contributed by atoms with Crippen molar-refractivity contribution in [2.75, 3.05) is 12.4 Å². The first-order valence-corrected chi connectivity index (χ1v) is 5.65.